The summed E-state index contributed by atoms with van der Waals surface area (Å²) in [6, 6.07) is 17.4. The molecule has 0 saturated heterocycles. The zero-order valence-electron chi connectivity index (χ0n) is 17.8. The first-order valence-corrected chi connectivity index (χ1v) is 10.4. The number of hydrogen-bond donors (Lipinski definition) is 1. The summed E-state index contributed by atoms with van der Waals surface area (Å²) in [5.41, 5.74) is 2.19. The molecule has 0 amide bonds. The van der Waals surface area contributed by atoms with Crippen molar-refractivity contribution in [1.29, 1.82) is 10.5 Å². The summed E-state index contributed by atoms with van der Waals surface area (Å²) in [6.07, 6.45) is 3.59. The minimum atomic E-state index is 0.259. The molecule has 3 aromatic heterocycles. The smallest absolute Gasteiger partial charge is 0.248 e. The monoisotopic (exact) mass is 437 g/mol. The molecule has 0 atom stereocenters. The summed E-state index contributed by atoms with van der Waals surface area (Å²) in [7, 11) is 1.64. The van der Waals surface area contributed by atoms with Gasteiger partial charge in [-0.25, -0.2) is 9.97 Å². The number of nitrogens with zero attached hydrogens (tertiary/aromatic N) is 8. The number of fused-ring (bicyclic) bond motifs is 1. The van der Waals surface area contributed by atoms with Crippen LogP contribution in [-0.4, -0.2) is 37.7 Å². The molecular formula is C23H19N9O. The highest BCUT2D eigenvalue weighted by atomic mass is 16.5. The molecule has 1 aliphatic rings. The number of nitrogens with one attached hydrogen (secondary N) is 1. The molecule has 0 aliphatic heterocycles. The minimum Gasteiger partial charge on any atom is -0.497 e. The van der Waals surface area contributed by atoms with Crippen LogP contribution >= 0.6 is 0 Å². The molecule has 1 saturated carbocycles. The van der Waals surface area contributed by atoms with Crippen molar-refractivity contribution in [2.75, 3.05) is 17.3 Å². The van der Waals surface area contributed by atoms with Gasteiger partial charge in [-0.15, -0.1) is 5.10 Å². The highest BCUT2D eigenvalue weighted by Gasteiger charge is 2.32. The predicted molar refractivity (Wildman–Crippen MR) is 120 cm³/mol. The van der Waals surface area contributed by atoms with E-state index in [0.717, 1.165) is 24.2 Å². The van der Waals surface area contributed by atoms with E-state index >= 15 is 0 Å². The normalized spacial score (nSPS) is 12.7. The van der Waals surface area contributed by atoms with Gasteiger partial charge in [-0.3, -0.25) is 0 Å². The largest absolute Gasteiger partial charge is 0.497 e. The van der Waals surface area contributed by atoms with E-state index < -0.39 is 0 Å². The Morgan fingerprint density at radius 2 is 1.94 bits per heavy atom. The lowest BCUT2D eigenvalue weighted by molar-refractivity contribution is 0.414. The Morgan fingerprint density at radius 1 is 1.12 bits per heavy atom. The van der Waals surface area contributed by atoms with Crippen molar-refractivity contribution in [1.82, 2.24) is 24.6 Å². The van der Waals surface area contributed by atoms with E-state index in [0.29, 0.717) is 35.6 Å². The Morgan fingerprint density at radius 3 is 2.64 bits per heavy atom. The number of hydrogen-bond acceptors (Lipinski definition) is 9. The molecule has 3 heterocycles. The lowest BCUT2D eigenvalue weighted by Crippen LogP contribution is -2.27. The Bertz CT molecular complexity index is 1390. The molecular weight excluding hydrogens is 418 g/mol. The van der Waals surface area contributed by atoms with Gasteiger partial charge in [0.25, 0.3) is 0 Å². The Kier molecular flexibility index (Phi) is 5.17. The fraction of sp³-hybridized carbons (Fsp3) is 0.217. The molecule has 1 N–H and O–H groups in total. The van der Waals surface area contributed by atoms with Crippen LogP contribution in [0.5, 0.6) is 5.75 Å². The Hall–Kier alpha value is -4.70. The quantitative estimate of drug-likeness (QED) is 0.463. The number of rotatable bonds is 7. The van der Waals surface area contributed by atoms with Crippen molar-refractivity contribution < 1.29 is 4.74 Å². The summed E-state index contributed by atoms with van der Waals surface area (Å²) in [6.45, 7) is 0.623. The second-order valence-electron chi connectivity index (χ2n) is 7.60. The number of benzene rings is 1. The maximum absolute atomic E-state index is 9.54. The average Bonchev–Trinajstić information content (AvgIpc) is 3.61. The van der Waals surface area contributed by atoms with Crippen molar-refractivity contribution in [3.05, 3.63) is 65.6 Å². The number of nitriles is 2. The van der Waals surface area contributed by atoms with Crippen LogP contribution in [-0.2, 0) is 6.54 Å². The fourth-order valence-corrected chi connectivity index (χ4v) is 3.56. The van der Waals surface area contributed by atoms with Crippen LogP contribution in [0, 0.1) is 22.7 Å². The summed E-state index contributed by atoms with van der Waals surface area (Å²) >= 11 is 0. The van der Waals surface area contributed by atoms with Crippen molar-refractivity contribution in [2.45, 2.75) is 25.4 Å². The summed E-state index contributed by atoms with van der Waals surface area (Å²) in [5.74, 6) is 2.12. The minimum absolute atomic E-state index is 0.259. The van der Waals surface area contributed by atoms with E-state index in [9.17, 15) is 5.26 Å². The van der Waals surface area contributed by atoms with Crippen LogP contribution in [0.3, 0.4) is 0 Å². The first kappa shape index (κ1) is 20.2. The number of aromatic nitrogens is 5. The maximum atomic E-state index is 9.54. The highest BCUT2D eigenvalue weighted by molar-refractivity contribution is 5.68. The molecule has 1 aromatic carbocycles. The SMILES string of the molecule is COc1ccc(CN(c2nc(Nc3cccc(C#N)n3)nn3c(C#N)cnc23)C2CC2)cc1. The summed E-state index contributed by atoms with van der Waals surface area (Å²) in [5, 5.41) is 26.2. The number of ether oxygens (including phenoxy) is 1. The van der Waals surface area contributed by atoms with Gasteiger partial charge in [-0.05, 0) is 42.7 Å². The van der Waals surface area contributed by atoms with Crippen LogP contribution in [0.4, 0.5) is 17.6 Å². The molecule has 162 valence electrons. The second kappa shape index (κ2) is 8.44. The van der Waals surface area contributed by atoms with Crippen molar-refractivity contribution in [2.24, 2.45) is 0 Å². The van der Waals surface area contributed by atoms with Crippen LogP contribution in [0.2, 0.25) is 0 Å². The van der Waals surface area contributed by atoms with Gasteiger partial charge in [0.2, 0.25) is 5.95 Å². The van der Waals surface area contributed by atoms with E-state index in [4.69, 9.17) is 15.0 Å². The first-order valence-electron chi connectivity index (χ1n) is 10.4. The maximum Gasteiger partial charge on any atom is 0.248 e. The number of methoxy groups -OCH3 is 1. The van der Waals surface area contributed by atoms with Crippen molar-refractivity contribution in [3.63, 3.8) is 0 Å². The van der Waals surface area contributed by atoms with Gasteiger partial charge in [0.15, 0.2) is 17.2 Å². The van der Waals surface area contributed by atoms with Crippen LogP contribution in [0.1, 0.15) is 29.8 Å². The van der Waals surface area contributed by atoms with Gasteiger partial charge >= 0.3 is 0 Å². The van der Waals surface area contributed by atoms with Gasteiger partial charge in [0, 0.05) is 12.6 Å². The highest BCUT2D eigenvalue weighted by Crippen LogP contribution is 2.35. The number of anilines is 3. The second-order valence-corrected chi connectivity index (χ2v) is 7.60. The van der Waals surface area contributed by atoms with E-state index in [1.807, 2.05) is 30.3 Å². The Labute approximate surface area is 189 Å². The van der Waals surface area contributed by atoms with Crippen LogP contribution < -0.4 is 15.0 Å². The van der Waals surface area contributed by atoms with Gasteiger partial charge in [0.1, 0.15) is 29.4 Å². The molecule has 0 unspecified atom stereocenters. The number of pyridine rings is 1. The van der Waals surface area contributed by atoms with Crippen molar-refractivity contribution in [3.8, 4) is 17.9 Å². The van der Waals surface area contributed by atoms with E-state index in [1.54, 1.807) is 25.3 Å². The van der Waals surface area contributed by atoms with E-state index in [1.165, 1.54) is 10.7 Å². The van der Waals surface area contributed by atoms with Gasteiger partial charge < -0.3 is 15.0 Å². The molecule has 33 heavy (non-hydrogen) atoms. The lowest BCUT2D eigenvalue weighted by Gasteiger charge is -2.24. The standard InChI is InChI=1S/C23H19N9O/c1-33-19-9-5-15(6-10-19)14-31(17-7-8-17)22-21-26-13-18(12-25)32(21)30-23(29-22)28-20-4-2-3-16(11-24)27-20/h2-6,9-10,13,17H,7-8,14H2,1H3,(H,27,28,30). The number of imidazole rings is 1. The van der Waals surface area contributed by atoms with E-state index in [-0.39, 0.29) is 11.6 Å². The van der Waals surface area contributed by atoms with Crippen LogP contribution in [0.15, 0.2) is 48.7 Å². The Balaban J connectivity index is 1.56. The predicted octanol–water partition coefficient (Wildman–Crippen LogP) is 3.18. The van der Waals surface area contributed by atoms with Crippen molar-refractivity contribution >= 4 is 23.2 Å². The van der Waals surface area contributed by atoms with Gasteiger partial charge in [0.05, 0.1) is 13.3 Å². The van der Waals surface area contributed by atoms with Crippen LogP contribution in [0.25, 0.3) is 5.65 Å². The molecule has 0 radical (unpaired) electrons. The lowest BCUT2D eigenvalue weighted by atomic mass is 10.2. The van der Waals surface area contributed by atoms with E-state index in [2.05, 4.69) is 31.4 Å². The third kappa shape index (κ3) is 4.10. The summed E-state index contributed by atoms with van der Waals surface area (Å²) < 4.78 is 6.76. The molecule has 0 bridgehead atoms. The fourth-order valence-electron chi connectivity index (χ4n) is 3.56. The molecule has 10 heteroatoms. The molecule has 10 nitrogen and oxygen atoms in total. The van der Waals surface area contributed by atoms with Gasteiger partial charge in [-0.1, -0.05) is 18.2 Å². The molecule has 1 fully saturated rings. The zero-order valence-corrected chi connectivity index (χ0v) is 17.8. The summed E-state index contributed by atoms with van der Waals surface area (Å²) in [4.78, 5) is 15.6. The molecule has 4 aromatic rings. The van der Waals surface area contributed by atoms with Gasteiger partial charge in [-0.2, -0.15) is 20.0 Å². The molecule has 5 rings (SSSR count). The zero-order chi connectivity index (χ0) is 22.8. The third-order valence-electron chi connectivity index (χ3n) is 5.33. The topological polar surface area (TPSA) is 128 Å². The molecule has 0 spiro atoms. The third-order valence-corrected chi connectivity index (χ3v) is 5.33. The first-order chi connectivity index (χ1) is 16.2. The molecule has 1 aliphatic carbocycles. The average molecular weight is 437 g/mol.